The first-order valence-corrected chi connectivity index (χ1v) is 10.1. The molecule has 0 aromatic carbocycles. The molecule has 140 valence electrons. The van der Waals surface area contributed by atoms with Gasteiger partial charge in [0.15, 0.2) is 0 Å². The number of nitrogens with zero attached hydrogens (tertiary/aromatic N) is 1. The average molecular weight is 362 g/mol. The highest BCUT2D eigenvalue weighted by Gasteiger charge is 2.36. The van der Waals surface area contributed by atoms with E-state index in [1.54, 1.807) is 0 Å². The summed E-state index contributed by atoms with van der Waals surface area (Å²) in [5.74, 6) is 0.0307. The van der Waals surface area contributed by atoms with Crippen molar-refractivity contribution in [1.29, 1.82) is 5.41 Å². The van der Waals surface area contributed by atoms with E-state index in [2.05, 4.69) is 11.6 Å². The highest BCUT2D eigenvalue weighted by molar-refractivity contribution is 7.87. The van der Waals surface area contributed by atoms with E-state index in [-0.39, 0.29) is 31.4 Å². The molecule has 2 atom stereocenters. The van der Waals surface area contributed by atoms with Gasteiger partial charge in [-0.25, -0.2) is 4.72 Å². The van der Waals surface area contributed by atoms with Crippen LogP contribution in [-0.4, -0.2) is 61.3 Å². The SMILES string of the molecule is CCCCC(=N)CCNS(=O)(=O)N1C[C@H](CCCB(O)O)[C@@H](N)C1. The Hall–Kier alpha value is -0.515. The standard InChI is InChI=1S/C14H31BN4O4S/c1-2-3-6-13(16)7-9-18-24(22,23)19-10-12(14(17)11-19)5-4-8-15(20)21/h12,14,16,18,20-21H,2-11,17H2,1H3/t12-,14-/m0/s1. The molecule has 0 amide bonds. The van der Waals surface area contributed by atoms with E-state index < -0.39 is 17.3 Å². The lowest BCUT2D eigenvalue weighted by atomic mass is 9.82. The van der Waals surface area contributed by atoms with Gasteiger partial charge in [-0.3, -0.25) is 0 Å². The fraction of sp³-hybridized carbons (Fsp3) is 0.929. The zero-order valence-corrected chi connectivity index (χ0v) is 15.3. The van der Waals surface area contributed by atoms with Crippen molar-refractivity contribution in [2.45, 2.75) is 57.8 Å². The minimum Gasteiger partial charge on any atom is -0.427 e. The molecule has 0 aliphatic carbocycles. The van der Waals surface area contributed by atoms with Crippen LogP contribution in [0.3, 0.4) is 0 Å². The van der Waals surface area contributed by atoms with Crippen molar-refractivity contribution in [3.05, 3.63) is 0 Å². The Balaban J connectivity index is 2.38. The summed E-state index contributed by atoms with van der Waals surface area (Å²) in [5, 5.41) is 25.5. The summed E-state index contributed by atoms with van der Waals surface area (Å²) in [4.78, 5) is 0. The number of hydrogen-bond acceptors (Lipinski definition) is 6. The van der Waals surface area contributed by atoms with E-state index in [4.69, 9.17) is 21.2 Å². The number of rotatable bonds is 12. The average Bonchev–Trinajstić information content (AvgIpc) is 2.87. The van der Waals surface area contributed by atoms with Gasteiger partial charge in [0.25, 0.3) is 10.2 Å². The fourth-order valence-electron chi connectivity index (χ4n) is 2.86. The monoisotopic (exact) mass is 362 g/mol. The maximum absolute atomic E-state index is 12.3. The van der Waals surface area contributed by atoms with Gasteiger partial charge < -0.3 is 21.2 Å². The minimum absolute atomic E-state index is 0.0307. The highest BCUT2D eigenvalue weighted by atomic mass is 32.2. The molecule has 0 radical (unpaired) electrons. The highest BCUT2D eigenvalue weighted by Crippen LogP contribution is 2.23. The van der Waals surface area contributed by atoms with Crippen molar-refractivity contribution in [3.63, 3.8) is 0 Å². The Morgan fingerprint density at radius 3 is 2.67 bits per heavy atom. The summed E-state index contributed by atoms with van der Waals surface area (Å²) < 4.78 is 28.5. The molecule has 0 spiro atoms. The number of unbranched alkanes of at least 4 members (excludes halogenated alkanes) is 1. The maximum Gasteiger partial charge on any atom is 0.451 e. The normalized spacial score (nSPS) is 22.0. The van der Waals surface area contributed by atoms with Crippen molar-refractivity contribution in [1.82, 2.24) is 9.03 Å². The molecule has 6 N–H and O–H groups in total. The zero-order chi connectivity index (χ0) is 18.2. The molecule has 24 heavy (non-hydrogen) atoms. The summed E-state index contributed by atoms with van der Waals surface area (Å²) in [6.45, 7) is 2.92. The molecule has 1 saturated heterocycles. The lowest BCUT2D eigenvalue weighted by Gasteiger charge is -2.17. The van der Waals surface area contributed by atoms with Gasteiger partial charge >= 0.3 is 7.12 Å². The third-order valence-corrected chi connectivity index (χ3v) is 5.93. The molecule has 0 unspecified atom stereocenters. The molecule has 1 aliphatic rings. The van der Waals surface area contributed by atoms with Crippen LogP contribution in [0.15, 0.2) is 0 Å². The number of hydrogen-bond donors (Lipinski definition) is 5. The Bertz CT molecular complexity index is 489. The van der Waals surface area contributed by atoms with Crippen molar-refractivity contribution in [2.24, 2.45) is 11.7 Å². The lowest BCUT2D eigenvalue weighted by molar-refractivity contribution is 0.390. The van der Waals surface area contributed by atoms with E-state index in [9.17, 15) is 8.42 Å². The molecule has 8 nitrogen and oxygen atoms in total. The lowest BCUT2D eigenvalue weighted by Crippen LogP contribution is -2.41. The molecule has 1 aliphatic heterocycles. The topological polar surface area (TPSA) is 140 Å². The van der Waals surface area contributed by atoms with Gasteiger partial charge in [0.05, 0.1) is 0 Å². The first kappa shape index (κ1) is 21.5. The molecule has 0 aromatic heterocycles. The predicted molar refractivity (Wildman–Crippen MR) is 96.1 cm³/mol. The van der Waals surface area contributed by atoms with Crippen LogP contribution in [0.2, 0.25) is 6.32 Å². The Labute approximate surface area is 145 Å². The van der Waals surface area contributed by atoms with Gasteiger partial charge in [0, 0.05) is 31.4 Å². The van der Waals surface area contributed by atoms with Gasteiger partial charge in [-0.2, -0.15) is 12.7 Å². The van der Waals surface area contributed by atoms with Crippen molar-refractivity contribution in [3.8, 4) is 0 Å². The van der Waals surface area contributed by atoms with E-state index in [1.165, 1.54) is 4.31 Å². The van der Waals surface area contributed by atoms with Gasteiger partial charge in [-0.05, 0) is 37.9 Å². The number of nitrogens with one attached hydrogen (secondary N) is 2. The summed E-state index contributed by atoms with van der Waals surface area (Å²) in [5.41, 5.74) is 6.59. The Morgan fingerprint density at radius 1 is 1.33 bits per heavy atom. The molecule has 0 aromatic rings. The van der Waals surface area contributed by atoms with Crippen LogP contribution in [-0.2, 0) is 10.2 Å². The number of nitrogens with two attached hydrogens (primary N) is 1. The second-order valence-electron chi connectivity index (χ2n) is 6.51. The van der Waals surface area contributed by atoms with E-state index in [0.717, 1.165) is 12.8 Å². The fourth-order valence-corrected chi connectivity index (χ4v) is 4.16. The Morgan fingerprint density at radius 2 is 2.04 bits per heavy atom. The molecule has 10 heteroatoms. The quantitative estimate of drug-likeness (QED) is 0.244. The molecule has 0 saturated carbocycles. The first-order valence-electron chi connectivity index (χ1n) is 8.69. The summed E-state index contributed by atoms with van der Waals surface area (Å²) >= 11 is 0. The molecule has 0 bridgehead atoms. The predicted octanol–water partition coefficient (Wildman–Crippen LogP) is -0.0670. The van der Waals surface area contributed by atoms with Crippen molar-refractivity contribution >= 4 is 23.0 Å². The molecular weight excluding hydrogens is 331 g/mol. The Kier molecular flexibility index (Phi) is 9.39. The summed E-state index contributed by atoms with van der Waals surface area (Å²) in [7, 11) is -4.90. The van der Waals surface area contributed by atoms with Gasteiger partial charge in [-0.1, -0.05) is 19.8 Å². The van der Waals surface area contributed by atoms with Crippen LogP contribution >= 0.6 is 0 Å². The maximum atomic E-state index is 12.3. The van der Waals surface area contributed by atoms with Gasteiger partial charge in [0.1, 0.15) is 0 Å². The van der Waals surface area contributed by atoms with Gasteiger partial charge in [0.2, 0.25) is 0 Å². The molecule has 1 rings (SSSR count). The molecule has 1 heterocycles. The van der Waals surface area contributed by atoms with E-state index in [0.29, 0.717) is 37.9 Å². The van der Waals surface area contributed by atoms with Crippen LogP contribution in [0.4, 0.5) is 0 Å². The first-order chi connectivity index (χ1) is 11.3. The van der Waals surface area contributed by atoms with Crippen LogP contribution in [0.5, 0.6) is 0 Å². The van der Waals surface area contributed by atoms with Crippen LogP contribution in [0.1, 0.15) is 45.4 Å². The summed E-state index contributed by atoms with van der Waals surface area (Å²) in [6.07, 6.45) is 4.67. The smallest absolute Gasteiger partial charge is 0.427 e. The van der Waals surface area contributed by atoms with E-state index in [1.807, 2.05) is 0 Å². The van der Waals surface area contributed by atoms with Crippen LogP contribution in [0, 0.1) is 11.3 Å². The second-order valence-corrected chi connectivity index (χ2v) is 8.26. The largest absolute Gasteiger partial charge is 0.451 e. The molecular formula is C14H31BN4O4S. The zero-order valence-electron chi connectivity index (χ0n) is 14.4. The third-order valence-electron chi connectivity index (χ3n) is 4.38. The van der Waals surface area contributed by atoms with Crippen LogP contribution in [0.25, 0.3) is 0 Å². The van der Waals surface area contributed by atoms with Crippen molar-refractivity contribution < 1.29 is 18.5 Å². The van der Waals surface area contributed by atoms with Gasteiger partial charge in [-0.15, -0.1) is 0 Å². The third kappa shape index (κ3) is 7.58. The summed E-state index contributed by atoms with van der Waals surface area (Å²) in [6, 6.07) is -0.236. The van der Waals surface area contributed by atoms with Crippen LogP contribution < -0.4 is 10.5 Å². The van der Waals surface area contributed by atoms with Crippen molar-refractivity contribution in [2.75, 3.05) is 19.6 Å². The minimum atomic E-state index is -3.58. The molecule has 1 fully saturated rings. The van der Waals surface area contributed by atoms with E-state index >= 15 is 0 Å². The second kappa shape index (κ2) is 10.5.